The van der Waals surface area contributed by atoms with Crippen LogP contribution in [0, 0.1) is 0 Å². The average molecular weight is 439 g/mol. The van der Waals surface area contributed by atoms with E-state index >= 15 is 0 Å². The topological polar surface area (TPSA) is 34.1 Å². The third kappa shape index (κ3) is 4.38. The molecular weight excluding hydrogens is 420 g/mol. The lowest BCUT2D eigenvalue weighted by Gasteiger charge is -2.04. The number of thiazole rings is 1. The summed E-state index contributed by atoms with van der Waals surface area (Å²) >= 11 is 1.66. The second-order valence-corrected chi connectivity index (χ2v) is 6.78. The SMILES string of the molecule is Br.COc1ccc(-c2nc(Nc3ccccc3)sc2-c2ccccc2)cc1. The molecule has 1 N–H and O–H groups in total. The minimum Gasteiger partial charge on any atom is -0.497 e. The number of anilines is 2. The molecule has 0 saturated heterocycles. The average Bonchev–Trinajstić information content (AvgIpc) is 3.13. The van der Waals surface area contributed by atoms with Gasteiger partial charge in [-0.25, -0.2) is 4.98 Å². The first-order chi connectivity index (χ1) is 12.8. The molecule has 0 aliphatic carbocycles. The van der Waals surface area contributed by atoms with Crippen molar-refractivity contribution in [2.75, 3.05) is 12.4 Å². The minimum atomic E-state index is 0. The van der Waals surface area contributed by atoms with Gasteiger partial charge >= 0.3 is 0 Å². The fraction of sp³-hybridized carbons (Fsp3) is 0.0455. The Kier molecular flexibility index (Phi) is 6.27. The Labute approximate surface area is 173 Å². The zero-order valence-corrected chi connectivity index (χ0v) is 17.3. The summed E-state index contributed by atoms with van der Waals surface area (Å²) in [5, 5.41) is 4.29. The first kappa shape index (κ1) is 19.1. The Morgan fingerprint density at radius 3 is 2.04 bits per heavy atom. The number of rotatable bonds is 5. The minimum absolute atomic E-state index is 0. The maximum absolute atomic E-state index is 5.27. The Hall–Kier alpha value is -2.63. The molecule has 5 heteroatoms. The number of hydrogen-bond acceptors (Lipinski definition) is 4. The van der Waals surface area contributed by atoms with E-state index in [2.05, 4.69) is 29.6 Å². The van der Waals surface area contributed by atoms with Crippen LogP contribution < -0.4 is 10.1 Å². The van der Waals surface area contributed by atoms with Crippen LogP contribution in [-0.2, 0) is 0 Å². The van der Waals surface area contributed by atoms with Gasteiger partial charge in [-0.15, -0.1) is 17.0 Å². The lowest BCUT2D eigenvalue weighted by Crippen LogP contribution is -1.89. The third-order valence-electron chi connectivity index (χ3n) is 4.05. The monoisotopic (exact) mass is 438 g/mol. The van der Waals surface area contributed by atoms with Crippen molar-refractivity contribution >= 4 is 39.1 Å². The van der Waals surface area contributed by atoms with Gasteiger partial charge in [0.15, 0.2) is 5.13 Å². The zero-order chi connectivity index (χ0) is 17.8. The van der Waals surface area contributed by atoms with Crippen molar-refractivity contribution < 1.29 is 4.74 Å². The third-order valence-corrected chi connectivity index (χ3v) is 5.07. The van der Waals surface area contributed by atoms with Crippen molar-refractivity contribution in [1.82, 2.24) is 4.98 Å². The summed E-state index contributed by atoms with van der Waals surface area (Å²) in [6.45, 7) is 0. The fourth-order valence-electron chi connectivity index (χ4n) is 2.75. The Morgan fingerprint density at radius 2 is 1.41 bits per heavy atom. The van der Waals surface area contributed by atoms with E-state index in [1.165, 1.54) is 0 Å². The number of benzene rings is 3. The molecule has 0 spiro atoms. The molecule has 27 heavy (non-hydrogen) atoms. The molecule has 0 unspecified atom stereocenters. The highest BCUT2D eigenvalue weighted by molar-refractivity contribution is 8.93. The van der Waals surface area contributed by atoms with Crippen LogP contribution in [0.1, 0.15) is 0 Å². The molecule has 3 nitrogen and oxygen atoms in total. The lowest BCUT2D eigenvalue weighted by molar-refractivity contribution is 0.415. The van der Waals surface area contributed by atoms with Gasteiger partial charge in [0.05, 0.1) is 17.7 Å². The van der Waals surface area contributed by atoms with E-state index < -0.39 is 0 Å². The van der Waals surface area contributed by atoms with E-state index in [9.17, 15) is 0 Å². The van der Waals surface area contributed by atoms with E-state index in [4.69, 9.17) is 9.72 Å². The Bertz CT molecular complexity index is 986. The number of hydrogen-bond donors (Lipinski definition) is 1. The maximum atomic E-state index is 5.27. The van der Waals surface area contributed by atoms with Crippen LogP contribution in [-0.4, -0.2) is 12.1 Å². The van der Waals surface area contributed by atoms with Gasteiger partial charge in [0.1, 0.15) is 5.75 Å². The van der Waals surface area contributed by atoms with Crippen LogP contribution in [0.3, 0.4) is 0 Å². The van der Waals surface area contributed by atoms with Crippen molar-refractivity contribution in [2.45, 2.75) is 0 Å². The van der Waals surface area contributed by atoms with Crippen molar-refractivity contribution in [3.05, 3.63) is 84.9 Å². The van der Waals surface area contributed by atoms with Crippen molar-refractivity contribution in [2.24, 2.45) is 0 Å². The van der Waals surface area contributed by atoms with Gasteiger partial charge < -0.3 is 10.1 Å². The predicted octanol–water partition coefficient (Wildman–Crippen LogP) is 6.81. The van der Waals surface area contributed by atoms with Crippen LogP contribution in [0.25, 0.3) is 21.7 Å². The van der Waals surface area contributed by atoms with Gasteiger partial charge in [-0.2, -0.15) is 0 Å². The molecule has 3 aromatic carbocycles. The molecule has 136 valence electrons. The van der Waals surface area contributed by atoms with Gasteiger partial charge in [-0.3, -0.25) is 0 Å². The molecule has 0 atom stereocenters. The Morgan fingerprint density at radius 1 is 0.778 bits per heavy atom. The fourth-order valence-corrected chi connectivity index (χ4v) is 3.76. The van der Waals surface area contributed by atoms with Crippen molar-refractivity contribution in [1.29, 1.82) is 0 Å². The summed E-state index contributed by atoms with van der Waals surface area (Å²) in [4.78, 5) is 6.02. The summed E-state index contributed by atoms with van der Waals surface area (Å²) in [5.41, 5.74) is 4.24. The number of nitrogens with zero attached hydrogens (tertiary/aromatic N) is 1. The number of ether oxygens (including phenoxy) is 1. The van der Waals surface area contributed by atoms with E-state index in [0.717, 1.165) is 38.3 Å². The van der Waals surface area contributed by atoms with Crippen LogP contribution in [0.2, 0.25) is 0 Å². The molecule has 1 heterocycles. The maximum Gasteiger partial charge on any atom is 0.188 e. The van der Waals surface area contributed by atoms with Gasteiger partial charge in [0.25, 0.3) is 0 Å². The lowest BCUT2D eigenvalue weighted by atomic mass is 10.1. The first-order valence-electron chi connectivity index (χ1n) is 8.36. The van der Waals surface area contributed by atoms with Crippen LogP contribution in [0.4, 0.5) is 10.8 Å². The van der Waals surface area contributed by atoms with Gasteiger partial charge in [-0.1, -0.05) is 59.9 Å². The molecule has 0 bridgehead atoms. The summed E-state index contributed by atoms with van der Waals surface area (Å²) < 4.78 is 5.27. The number of para-hydroxylation sites is 1. The highest BCUT2D eigenvalue weighted by Crippen LogP contribution is 2.40. The summed E-state index contributed by atoms with van der Waals surface area (Å²) in [6.07, 6.45) is 0. The van der Waals surface area contributed by atoms with Crippen LogP contribution in [0.5, 0.6) is 5.75 Å². The van der Waals surface area contributed by atoms with Crippen LogP contribution >= 0.6 is 28.3 Å². The standard InChI is InChI=1S/C22H18N2OS.BrH/c1-25-19-14-12-16(13-15-19)20-21(17-8-4-2-5-9-17)26-22(24-20)23-18-10-6-3-7-11-18;/h2-15H,1H3,(H,23,24);1H. The molecule has 1 aromatic heterocycles. The number of nitrogens with one attached hydrogen (secondary N) is 1. The zero-order valence-electron chi connectivity index (χ0n) is 14.8. The normalized spacial score (nSPS) is 10.1. The largest absolute Gasteiger partial charge is 0.497 e. The summed E-state index contributed by atoms with van der Waals surface area (Å²) in [5.74, 6) is 0.841. The molecule has 4 rings (SSSR count). The molecular formula is C22H19BrN2OS. The smallest absolute Gasteiger partial charge is 0.188 e. The molecule has 4 aromatic rings. The second-order valence-electron chi connectivity index (χ2n) is 5.78. The quantitative estimate of drug-likeness (QED) is 0.371. The molecule has 0 amide bonds. The van der Waals surface area contributed by atoms with Crippen molar-refractivity contribution in [3.8, 4) is 27.4 Å². The predicted molar refractivity (Wildman–Crippen MR) is 120 cm³/mol. The molecule has 0 saturated carbocycles. The van der Waals surface area contributed by atoms with Crippen LogP contribution in [0.15, 0.2) is 84.9 Å². The highest BCUT2D eigenvalue weighted by Gasteiger charge is 2.15. The second kappa shape index (κ2) is 8.84. The summed E-state index contributed by atoms with van der Waals surface area (Å²) in [7, 11) is 1.68. The van der Waals surface area contributed by atoms with E-state index in [0.29, 0.717) is 0 Å². The molecule has 0 fully saturated rings. The summed E-state index contributed by atoms with van der Waals surface area (Å²) in [6, 6.07) is 28.5. The molecule has 0 radical (unpaired) electrons. The highest BCUT2D eigenvalue weighted by atomic mass is 79.9. The Balaban J connectivity index is 0.00000210. The molecule has 0 aliphatic heterocycles. The number of halogens is 1. The van der Waals surface area contributed by atoms with E-state index in [1.807, 2.05) is 60.7 Å². The number of aromatic nitrogens is 1. The van der Waals surface area contributed by atoms with E-state index in [1.54, 1.807) is 18.4 Å². The first-order valence-corrected chi connectivity index (χ1v) is 9.18. The number of methoxy groups -OCH3 is 1. The van der Waals surface area contributed by atoms with Crippen molar-refractivity contribution in [3.63, 3.8) is 0 Å². The van der Waals surface area contributed by atoms with Gasteiger partial charge in [0.2, 0.25) is 0 Å². The molecule has 0 aliphatic rings. The van der Waals surface area contributed by atoms with Gasteiger partial charge in [-0.05, 0) is 42.0 Å². The van der Waals surface area contributed by atoms with E-state index in [-0.39, 0.29) is 17.0 Å². The van der Waals surface area contributed by atoms with Gasteiger partial charge in [0, 0.05) is 11.3 Å².